The number of nitrogens with one attached hydrogen (secondary N) is 2. The Morgan fingerprint density at radius 1 is 1.30 bits per heavy atom. The molecule has 3 rings (SSSR count). The van der Waals surface area contributed by atoms with Gasteiger partial charge in [0.05, 0.1) is 0 Å². The van der Waals surface area contributed by atoms with E-state index in [1.165, 1.54) is 6.07 Å². The van der Waals surface area contributed by atoms with E-state index in [9.17, 15) is 23.6 Å². The van der Waals surface area contributed by atoms with Crippen LogP contribution in [0.4, 0.5) is 9.18 Å². The van der Waals surface area contributed by atoms with Crippen molar-refractivity contribution < 1.29 is 28.3 Å². The third kappa shape index (κ3) is 4.60. The molecule has 2 aliphatic rings. The van der Waals surface area contributed by atoms with Gasteiger partial charge in [-0.3, -0.25) is 19.3 Å². The molecule has 0 radical (unpaired) electrons. The Morgan fingerprint density at radius 3 is 2.80 bits per heavy atom. The molecule has 1 aliphatic carbocycles. The van der Waals surface area contributed by atoms with Crippen molar-refractivity contribution in [2.45, 2.75) is 44.6 Å². The molecule has 1 aliphatic heterocycles. The highest BCUT2D eigenvalue weighted by Gasteiger charge is 2.55. The third-order valence-electron chi connectivity index (χ3n) is 5.83. The highest BCUT2D eigenvalue weighted by atomic mass is 19.1. The number of halogens is 1. The molecule has 1 aromatic carbocycles. The van der Waals surface area contributed by atoms with E-state index in [-0.39, 0.29) is 18.3 Å². The molecule has 4 amide bonds. The monoisotopic (exact) mass is 419 g/mol. The van der Waals surface area contributed by atoms with Crippen molar-refractivity contribution in [3.63, 3.8) is 0 Å². The average molecular weight is 419 g/mol. The Balaban J connectivity index is 1.43. The number of carbonyl (C=O) groups excluding carboxylic acids is 4. The number of urea groups is 1. The lowest BCUT2D eigenvalue weighted by molar-refractivity contribution is -0.151. The minimum atomic E-state index is -0.945. The fraction of sp³-hybridized carbons (Fsp3) is 0.524. The molecular formula is C21H26FN3O5. The van der Waals surface area contributed by atoms with Crippen molar-refractivity contribution in [3.8, 4) is 0 Å². The predicted molar refractivity (Wildman–Crippen MR) is 105 cm³/mol. The van der Waals surface area contributed by atoms with Gasteiger partial charge in [-0.15, -0.1) is 0 Å². The van der Waals surface area contributed by atoms with Gasteiger partial charge in [0.15, 0.2) is 6.61 Å². The second-order valence-electron chi connectivity index (χ2n) is 7.79. The van der Waals surface area contributed by atoms with E-state index in [4.69, 9.17) is 4.74 Å². The van der Waals surface area contributed by atoms with Crippen molar-refractivity contribution in [1.29, 1.82) is 0 Å². The van der Waals surface area contributed by atoms with Crippen molar-refractivity contribution in [2.75, 3.05) is 19.7 Å². The van der Waals surface area contributed by atoms with E-state index in [1.807, 2.05) is 6.92 Å². The summed E-state index contributed by atoms with van der Waals surface area (Å²) in [5.41, 5.74) is -0.473. The van der Waals surface area contributed by atoms with E-state index in [2.05, 4.69) is 10.6 Å². The standard InChI is InChI=1S/C21H26FN3O5/c1-14-6-4-5-10-21(14)19(28)25(20(29)24-21)12-18(27)30-13-17(26)23-11-9-15-7-2-3-8-16(15)22/h2-3,7-8,14H,4-6,9-13H2,1H3,(H,23,26)(H,24,29)/t14-,21+/m0/s1. The molecule has 2 fully saturated rings. The van der Waals surface area contributed by atoms with Crippen molar-refractivity contribution in [2.24, 2.45) is 5.92 Å². The minimum absolute atomic E-state index is 0.0102. The van der Waals surface area contributed by atoms with E-state index in [0.717, 1.165) is 24.2 Å². The number of amides is 4. The first-order chi connectivity index (χ1) is 14.3. The maximum atomic E-state index is 13.5. The Kier molecular flexibility index (Phi) is 6.69. The number of hydrogen-bond acceptors (Lipinski definition) is 5. The normalized spacial score (nSPS) is 23.4. The van der Waals surface area contributed by atoms with E-state index < -0.39 is 42.5 Å². The van der Waals surface area contributed by atoms with Gasteiger partial charge in [0.1, 0.15) is 17.9 Å². The molecule has 162 valence electrons. The lowest BCUT2D eigenvalue weighted by Gasteiger charge is -2.36. The summed E-state index contributed by atoms with van der Waals surface area (Å²) in [7, 11) is 0. The van der Waals surface area contributed by atoms with Crippen molar-refractivity contribution in [3.05, 3.63) is 35.6 Å². The molecule has 2 atom stereocenters. The highest BCUT2D eigenvalue weighted by Crippen LogP contribution is 2.38. The maximum absolute atomic E-state index is 13.5. The second-order valence-corrected chi connectivity index (χ2v) is 7.79. The summed E-state index contributed by atoms with van der Waals surface area (Å²) < 4.78 is 18.4. The SMILES string of the molecule is C[C@H]1CCCC[C@@]12NC(=O)N(CC(=O)OCC(=O)NCCc1ccccc1F)C2=O. The number of nitrogens with zero attached hydrogens (tertiary/aromatic N) is 1. The molecule has 9 heteroatoms. The quantitative estimate of drug-likeness (QED) is 0.515. The molecule has 0 aromatic heterocycles. The highest BCUT2D eigenvalue weighted by molar-refractivity contribution is 6.09. The minimum Gasteiger partial charge on any atom is -0.454 e. The third-order valence-corrected chi connectivity index (χ3v) is 5.83. The number of imide groups is 1. The van der Waals surface area contributed by atoms with Crippen LogP contribution in [-0.2, 0) is 25.5 Å². The molecular weight excluding hydrogens is 393 g/mol. The first-order valence-electron chi connectivity index (χ1n) is 10.1. The Bertz CT molecular complexity index is 846. The lowest BCUT2D eigenvalue weighted by atomic mass is 9.73. The molecule has 1 aromatic rings. The van der Waals surface area contributed by atoms with Crippen LogP contribution < -0.4 is 10.6 Å². The average Bonchev–Trinajstić information content (AvgIpc) is 2.95. The van der Waals surface area contributed by atoms with Crippen LogP contribution in [-0.4, -0.2) is 54.0 Å². The van der Waals surface area contributed by atoms with Gasteiger partial charge in [0, 0.05) is 6.54 Å². The Labute approximate surface area is 174 Å². The van der Waals surface area contributed by atoms with Gasteiger partial charge in [0.25, 0.3) is 11.8 Å². The fourth-order valence-corrected chi connectivity index (χ4v) is 4.05. The molecule has 1 spiro atoms. The van der Waals surface area contributed by atoms with Gasteiger partial charge < -0.3 is 15.4 Å². The summed E-state index contributed by atoms with van der Waals surface area (Å²) in [6.45, 7) is 1.03. The smallest absolute Gasteiger partial charge is 0.326 e. The molecule has 0 unspecified atom stereocenters. The van der Waals surface area contributed by atoms with E-state index >= 15 is 0 Å². The van der Waals surface area contributed by atoms with Gasteiger partial charge in [-0.2, -0.15) is 0 Å². The molecule has 1 saturated carbocycles. The Morgan fingerprint density at radius 2 is 2.07 bits per heavy atom. The number of rotatable bonds is 7. The topological polar surface area (TPSA) is 105 Å². The first-order valence-corrected chi connectivity index (χ1v) is 10.1. The van der Waals surface area contributed by atoms with Crippen LogP contribution >= 0.6 is 0 Å². The van der Waals surface area contributed by atoms with Gasteiger partial charge >= 0.3 is 12.0 Å². The molecule has 1 saturated heterocycles. The van der Waals surface area contributed by atoms with Crippen LogP contribution in [0.1, 0.15) is 38.2 Å². The zero-order chi connectivity index (χ0) is 21.7. The summed E-state index contributed by atoms with van der Waals surface area (Å²) in [6.07, 6.45) is 3.52. The summed E-state index contributed by atoms with van der Waals surface area (Å²) in [5.74, 6) is -2.16. The van der Waals surface area contributed by atoms with Crippen molar-refractivity contribution >= 4 is 23.8 Å². The summed E-state index contributed by atoms with van der Waals surface area (Å²) in [5, 5.41) is 5.29. The second kappa shape index (κ2) is 9.23. The van der Waals surface area contributed by atoms with Gasteiger partial charge in [0.2, 0.25) is 0 Å². The van der Waals surface area contributed by atoms with Crippen LogP contribution in [0.5, 0.6) is 0 Å². The largest absolute Gasteiger partial charge is 0.454 e. The zero-order valence-corrected chi connectivity index (χ0v) is 16.9. The number of benzene rings is 1. The molecule has 30 heavy (non-hydrogen) atoms. The van der Waals surface area contributed by atoms with Gasteiger partial charge in [-0.05, 0) is 36.8 Å². The van der Waals surface area contributed by atoms with Crippen LogP contribution in [0.3, 0.4) is 0 Å². The van der Waals surface area contributed by atoms with Crippen LogP contribution in [0, 0.1) is 11.7 Å². The van der Waals surface area contributed by atoms with Crippen LogP contribution in [0.2, 0.25) is 0 Å². The van der Waals surface area contributed by atoms with Gasteiger partial charge in [-0.1, -0.05) is 38.0 Å². The van der Waals surface area contributed by atoms with Crippen LogP contribution in [0.25, 0.3) is 0 Å². The fourth-order valence-electron chi connectivity index (χ4n) is 4.05. The lowest BCUT2D eigenvalue weighted by Crippen LogP contribution is -2.54. The van der Waals surface area contributed by atoms with E-state index in [0.29, 0.717) is 18.4 Å². The Hall–Kier alpha value is -2.97. The van der Waals surface area contributed by atoms with Crippen LogP contribution in [0.15, 0.2) is 24.3 Å². The molecule has 2 N–H and O–H groups in total. The number of esters is 1. The number of carbonyl (C=O) groups is 4. The molecule has 1 heterocycles. The van der Waals surface area contributed by atoms with E-state index in [1.54, 1.807) is 18.2 Å². The van der Waals surface area contributed by atoms with Crippen molar-refractivity contribution in [1.82, 2.24) is 15.5 Å². The summed E-state index contributed by atoms with van der Waals surface area (Å²) in [4.78, 5) is 49.8. The molecule has 0 bridgehead atoms. The predicted octanol–water partition coefficient (Wildman–Crippen LogP) is 1.53. The maximum Gasteiger partial charge on any atom is 0.326 e. The zero-order valence-electron chi connectivity index (χ0n) is 16.9. The molecule has 8 nitrogen and oxygen atoms in total. The number of ether oxygens (including phenoxy) is 1. The first kappa shape index (κ1) is 21.7. The summed E-state index contributed by atoms with van der Waals surface area (Å²) in [6, 6.07) is 5.64. The summed E-state index contributed by atoms with van der Waals surface area (Å²) >= 11 is 0. The van der Waals surface area contributed by atoms with Gasteiger partial charge in [-0.25, -0.2) is 9.18 Å². The number of hydrogen-bond donors (Lipinski definition) is 2.